The number of hydrogen-bond donors (Lipinski definition) is 1. The first-order chi connectivity index (χ1) is 7.20. The molecule has 0 saturated carbocycles. The summed E-state index contributed by atoms with van der Waals surface area (Å²) >= 11 is 0. The van der Waals surface area contributed by atoms with E-state index in [1.54, 1.807) is 0 Å². The lowest BCUT2D eigenvalue weighted by Gasteiger charge is -2.29. The largest absolute Gasteiger partial charge is 0.354 e. The zero-order chi connectivity index (χ0) is 12.0. The minimum Gasteiger partial charge on any atom is -0.354 e. The second kappa shape index (κ2) is 3.68. The fourth-order valence-electron chi connectivity index (χ4n) is 2.78. The first kappa shape index (κ1) is 12.3. The van der Waals surface area contributed by atoms with Gasteiger partial charge in [-0.05, 0) is 39.5 Å². The maximum atomic E-state index is 11.4. The third-order valence-electron chi connectivity index (χ3n) is 3.39. The van der Waals surface area contributed by atoms with Crippen molar-refractivity contribution in [2.24, 2.45) is 5.92 Å². The van der Waals surface area contributed by atoms with Crippen molar-refractivity contribution in [2.75, 3.05) is 18.1 Å². The average Bonchev–Trinajstić information content (AvgIpc) is 2.53. The minimum atomic E-state index is -2.78. The Morgan fingerprint density at radius 2 is 2.06 bits per heavy atom. The molecular weight excluding hydrogens is 226 g/mol. The van der Waals surface area contributed by atoms with Gasteiger partial charge in [0.15, 0.2) is 9.84 Å². The molecule has 0 aliphatic carbocycles. The monoisotopic (exact) mass is 247 g/mol. The molecular formula is C11H21NO3S. The summed E-state index contributed by atoms with van der Waals surface area (Å²) < 4.78 is 28.7. The SMILES string of the molecule is CC1(C)CNC(C)(CC2CCS(=O)(=O)C2)O1. The van der Waals surface area contributed by atoms with Crippen molar-refractivity contribution in [1.82, 2.24) is 5.32 Å². The molecule has 4 nitrogen and oxygen atoms in total. The first-order valence-electron chi connectivity index (χ1n) is 5.85. The second-order valence-corrected chi connectivity index (χ2v) is 8.15. The second-order valence-electron chi connectivity index (χ2n) is 5.92. The van der Waals surface area contributed by atoms with Crippen LogP contribution in [0.2, 0.25) is 0 Å². The summed E-state index contributed by atoms with van der Waals surface area (Å²) in [5, 5.41) is 3.36. The van der Waals surface area contributed by atoms with Crippen molar-refractivity contribution in [3.8, 4) is 0 Å². The highest BCUT2D eigenvalue weighted by Crippen LogP contribution is 2.33. The Morgan fingerprint density at radius 3 is 2.50 bits per heavy atom. The van der Waals surface area contributed by atoms with Crippen LogP contribution >= 0.6 is 0 Å². The number of ether oxygens (including phenoxy) is 1. The lowest BCUT2D eigenvalue weighted by atomic mass is 9.98. The van der Waals surface area contributed by atoms with Crippen molar-refractivity contribution in [2.45, 2.75) is 44.9 Å². The summed E-state index contributed by atoms with van der Waals surface area (Å²) in [5.74, 6) is 0.918. The molecule has 0 amide bonds. The van der Waals surface area contributed by atoms with E-state index in [0.29, 0.717) is 11.5 Å². The standard InChI is InChI=1S/C11H21NO3S/c1-10(2)8-12-11(3,15-10)6-9-4-5-16(13,14)7-9/h9,12H,4-8H2,1-3H3. The normalized spacial score (nSPS) is 41.3. The van der Waals surface area contributed by atoms with Gasteiger partial charge in [0, 0.05) is 6.54 Å². The molecule has 1 N–H and O–H groups in total. The molecule has 2 saturated heterocycles. The molecule has 0 aromatic rings. The summed E-state index contributed by atoms with van der Waals surface area (Å²) in [4.78, 5) is 0. The Morgan fingerprint density at radius 1 is 1.38 bits per heavy atom. The topological polar surface area (TPSA) is 55.4 Å². The van der Waals surface area contributed by atoms with E-state index in [0.717, 1.165) is 19.4 Å². The van der Waals surface area contributed by atoms with Gasteiger partial charge in [0.1, 0.15) is 5.72 Å². The molecule has 0 aromatic carbocycles. The van der Waals surface area contributed by atoms with Crippen LogP contribution in [0.15, 0.2) is 0 Å². The van der Waals surface area contributed by atoms with Crippen LogP contribution in [0.5, 0.6) is 0 Å². The maximum Gasteiger partial charge on any atom is 0.150 e. The predicted octanol–water partition coefficient (Wildman–Crippen LogP) is 0.926. The summed E-state index contributed by atoms with van der Waals surface area (Å²) in [6, 6.07) is 0. The molecule has 94 valence electrons. The van der Waals surface area contributed by atoms with Gasteiger partial charge in [-0.3, -0.25) is 5.32 Å². The minimum absolute atomic E-state index is 0.147. The van der Waals surface area contributed by atoms with Crippen LogP contribution in [-0.4, -0.2) is 37.8 Å². The fourth-order valence-corrected chi connectivity index (χ4v) is 4.64. The van der Waals surface area contributed by atoms with Crippen LogP contribution in [0.1, 0.15) is 33.6 Å². The lowest BCUT2D eigenvalue weighted by Crippen LogP contribution is -2.40. The van der Waals surface area contributed by atoms with Gasteiger partial charge < -0.3 is 4.74 Å². The maximum absolute atomic E-state index is 11.4. The van der Waals surface area contributed by atoms with Gasteiger partial charge in [0.05, 0.1) is 17.1 Å². The highest BCUT2D eigenvalue weighted by atomic mass is 32.2. The van der Waals surface area contributed by atoms with Crippen LogP contribution < -0.4 is 5.32 Å². The molecule has 0 spiro atoms. The lowest BCUT2D eigenvalue weighted by molar-refractivity contribution is -0.0894. The molecule has 2 aliphatic rings. The van der Waals surface area contributed by atoms with Gasteiger partial charge in [0.2, 0.25) is 0 Å². The number of rotatable bonds is 2. The van der Waals surface area contributed by atoms with E-state index in [1.807, 2.05) is 6.92 Å². The molecule has 0 radical (unpaired) electrons. The predicted molar refractivity (Wildman–Crippen MR) is 62.9 cm³/mol. The van der Waals surface area contributed by atoms with Crippen LogP contribution in [-0.2, 0) is 14.6 Å². The summed E-state index contributed by atoms with van der Waals surface area (Å²) in [6.07, 6.45) is 1.57. The first-order valence-corrected chi connectivity index (χ1v) is 7.68. The smallest absolute Gasteiger partial charge is 0.150 e. The van der Waals surface area contributed by atoms with Crippen molar-refractivity contribution in [1.29, 1.82) is 0 Å². The van der Waals surface area contributed by atoms with Crippen molar-refractivity contribution in [3.63, 3.8) is 0 Å². The fraction of sp³-hybridized carbons (Fsp3) is 1.00. The van der Waals surface area contributed by atoms with E-state index < -0.39 is 9.84 Å². The zero-order valence-corrected chi connectivity index (χ0v) is 11.1. The van der Waals surface area contributed by atoms with E-state index in [2.05, 4.69) is 19.2 Å². The quantitative estimate of drug-likeness (QED) is 0.788. The zero-order valence-electron chi connectivity index (χ0n) is 10.2. The Hall–Kier alpha value is -0.130. The third kappa shape index (κ3) is 2.76. The van der Waals surface area contributed by atoms with E-state index in [9.17, 15) is 8.42 Å². The van der Waals surface area contributed by atoms with Crippen LogP contribution in [0.3, 0.4) is 0 Å². The Balaban J connectivity index is 1.96. The van der Waals surface area contributed by atoms with Crippen molar-refractivity contribution >= 4 is 9.84 Å². The summed E-state index contributed by atoms with van der Waals surface area (Å²) in [7, 11) is -2.78. The molecule has 16 heavy (non-hydrogen) atoms. The molecule has 0 bridgehead atoms. The molecule has 2 unspecified atom stereocenters. The van der Waals surface area contributed by atoms with Crippen LogP contribution in [0.4, 0.5) is 0 Å². The van der Waals surface area contributed by atoms with Crippen molar-refractivity contribution in [3.05, 3.63) is 0 Å². The highest BCUT2D eigenvalue weighted by Gasteiger charge is 2.43. The van der Waals surface area contributed by atoms with Gasteiger partial charge in [-0.15, -0.1) is 0 Å². The number of sulfone groups is 1. The molecule has 0 aromatic heterocycles. The van der Waals surface area contributed by atoms with E-state index in [4.69, 9.17) is 4.74 Å². The van der Waals surface area contributed by atoms with E-state index >= 15 is 0 Å². The molecule has 2 rings (SSSR count). The Labute approximate surface area is 97.7 Å². The molecule has 2 aliphatic heterocycles. The molecule has 5 heteroatoms. The van der Waals surface area contributed by atoms with E-state index in [1.165, 1.54) is 0 Å². The van der Waals surface area contributed by atoms with Crippen molar-refractivity contribution < 1.29 is 13.2 Å². The highest BCUT2D eigenvalue weighted by molar-refractivity contribution is 7.91. The van der Waals surface area contributed by atoms with Gasteiger partial charge in [-0.25, -0.2) is 8.42 Å². The summed E-state index contributed by atoms with van der Waals surface area (Å²) in [6.45, 7) is 6.95. The van der Waals surface area contributed by atoms with E-state index in [-0.39, 0.29) is 17.2 Å². The number of nitrogens with one attached hydrogen (secondary N) is 1. The number of hydrogen-bond acceptors (Lipinski definition) is 4. The van der Waals surface area contributed by atoms with Gasteiger partial charge in [-0.2, -0.15) is 0 Å². The van der Waals surface area contributed by atoms with Gasteiger partial charge in [0.25, 0.3) is 0 Å². The average molecular weight is 247 g/mol. The van der Waals surface area contributed by atoms with Gasteiger partial charge >= 0.3 is 0 Å². The molecule has 2 atom stereocenters. The Kier molecular flexibility index (Phi) is 2.84. The molecule has 2 heterocycles. The third-order valence-corrected chi connectivity index (χ3v) is 5.23. The molecule has 2 fully saturated rings. The Bertz CT molecular complexity index is 377. The van der Waals surface area contributed by atoms with Crippen LogP contribution in [0.25, 0.3) is 0 Å². The summed E-state index contributed by atoms with van der Waals surface area (Å²) in [5.41, 5.74) is -0.500. The van der Waals surface area contributed by atoms with Crippen LogP contribution in [0, 0.1) is 5.92 Å². The van der Waals surface area contributed by atoms with Gasteiger partial charge in [-0.1, -0.05) is 0 Å².